The van der Waals surface area contributed by atoms with Crippen LogP contribution in [0.2, 0.25) is 5.02 Å². The molecule has 1 saturated heterocycles. The Labute approximate surface area is 175 Å². The van der Waals surface area contributed by atoms with Gasteiger partial charge in [-0.3, -0.25) is 25.2 Å². The van der Waals surface area contributed by atoms with Crippen LogP contribution in [0.1, 0.15) is 16.8 Å². The third-order valence-electron chi connectivity index (χ3n) is 4.33. The van der Waals surface area contributed by atoms with Gasteiger partial charge in [0.25, 0.3) is 5.91 Å². The molecule has 1 heterocycles. The topological polar surface area (TPSA) is 87.7 Å². The molecule has 1 aliphatic heterocycles. The number of nitrogens with zero attached hydrogens (tertiary/aromatic N) is 1. The molecular weight excluding hydrogens is 450 g/mol. The maximum atomic E-state index is 12.4. The lowest BCUT2D eigenvalue weighted by Crippen LogP contribution is -2.45. The highest BCUT2D eigenvalue weighted by Crippen LogP contribution is 2.35. The van der Waals surface area contributed by atoms with Crippen molar-refractivity contribution >= 4 is 50.9 Å². The van der Waals surface area contributed by atoms with Gasteiger partial charge in [-0.2, -0.15) is 0 Å². The highest BCUT2D eigenvalue weighted by atomic mass is 79.9. The summed E-state index contributed by atoms with van der Waals surface area (Å²) in [5.41, 5.74) is 5.66. The molecule has 0 aromatic heterocycles. The van der Waals surface area contributed by atoms with Gasteiger partial charge in [0, 0.05) is 28.0 Å². The van der Waals surface area contributed by atoms with Crippen molar-refractivity contribution < 1.29 is 19.1 Å². The number of hydrazine groups is 1. The van der Waals surface area contributed by atoms with E-state index in [4.69, 9.17) is 16.3 Å². The molecule has 146 valence electrons. The predicted molar refractivity (Wildman–Crippen MR) is 108 cm³/mol. The van der Waals surface area contributed by atoms with Crippen molar-refractivity contribution in [3.05, 3.63) is 57.5 Å². The first-order chi connectivity index (χ1) is 13.4. The minimum Gasteiger partial charge on any atom is -0.495 e. The van der Waals surface area contributed by atoms with E-state index in [2.05, 4.69) is 26.8 Å². The van der Waals surface area contributed by atoms with E-state index < -0.39 is 17.7 Å². The minimum absolute atomic E-state index is 0.0235. The van der Waals surface area contributed by atoms with Gasteiger partial charge >= 0.3 is 0 Å². The summed E-state index contributed by atoms with van der Waals surface area (Å²) < 4.78 is 6.12. The summed E-state index contributed by atoms with van der Waals surface area (Å²) >= 11 is 9.32. The predicted octanol–water partition coefficient (Wildman–Crippen LogP) is 2.93. The van der Waals surface area contributed by atoms with Gasteiger partial charge in [-0.05, 0) is 42.5 Å². The van der Waals surface area contributed by atoms with Gasteiger partial charge in [0.15, 0.2) is 0 Å². The summed E-state index contributed by atoms with van der Waals surface area (Å²) in [6, 6.07) is 11.6. The number of nitrogens with one attached hydrogen (secondary N) is 2. The highest BCUT2D eigenvalue weighted by Gasteiger charge is 2.36. The van der Waals surface area contributed by atoms with E-state index in [-0.39, 0.29) is 18.9 Å². The van der Waals surface area contributed by atoms with Gasteiger partial charge in [-0.1, -0.05) is 27.5 Å². The molecule has 0 radical (unpaired) electrons. The van der Waals surface area contributed by atoms with Gasteiger partial charge in [0.1, 0.15) is 5.75 Å². The van der Waals surface area contributed by atoms with Crippen LogP contribution in [0.5, 0.6) is 5.75 Å². The Morgan fingerprint density at radius 3 is 2.57 bits per heavy atom. The zero-order valence-corrected chi connectivity index (χ0v) is 17.2. The van der Waals surface area contributed by atoms with E-state index in [0.717, 1.165) is 4.47 Å². The van der Waals surface area contributed by atoms with Crippen LogP contribution in [-0.2, 0) is 9.59 Å². The first-order valence-corrected chi connectivity index (χ1v) is 9.56. The van der Waals surface area contributed by atoms with E-state index in [1.165, 1.54) is 12.0 Å². The Morgan fingerprint density at radius 1 is 1.18 bits per heavy atom. The number of anilines is 1. The van der Waals surface area contributed by atoms with Crippen molar-refractivity contribution in [1.29, 1.82) is 0 Å². The molecule has 0 spiro atoms. The zero-order chi connectivity index (χ0) is 20.3. The molecule has 1 atom stereocenters. The largest absolute Gasteiger partial charge is 0.495 e. The molecule has 0 saturated carbocycles. The van der Waals surface area contributed by atoms with E-state index in [0.29, 0.717) is 22.0 Å². The molecule has 7 nitrogen and oxygen atoms in total. The van der Waals surface area contributed by atoms with Crippen LogP contribution in [0.25, 0.3) is 0 Å². The number of carbonyl (C=O) groups excluding carboxylic acids is 3. The van der Waals surface area contributed by atoms with E-state index >= 15 is 0 Å². The van der Waals surface area contributed by atoms with Gasteiger partial charge in [-0.15, -0.1) is 0 Å². The van der Waals surface area contributed by atoms with Crippen LogP contribution >= 0.6 is 27.5 Å². The lowest BCUT2D eigenvalue weighted by Gasteiger charge is -2.20. The lowest BCUT2D eigenvalue weighted by molar-refractivity contribution is -0.126. The molecule has 1 fully saturated rings. The number of amides is 3. The van der Waals surface area contributed by atoms with Crippen molar-refractivity contribution in [1.82, 2.24) is 10.9 Å². The van der Waals surface area contributed by atoms with Crippen LogP contribution in [0.15, 0.2) is 46.9 Å². The van der Waals surface area contributed by atoms with Crippen LogP contribution < -0.4 is 20.5 Å². The van der Waals surface area contributed by atoms with Crippen molar-refractivity contribution in [3.63, 3.8) is 0 Å². The number of carbonyl (C=O) groups is 3. The van der Waals surface area contributed by atoms with E-state index in [1.54, 1.807) is 42.5 Å². The third-order valence-corrected chi connectivity index (χ3v) is 5.10. The van der Waals surface area contributed by atoms with Crippen LogP contribution in [0.3, 0.4) is 0 Å². The molecule has 0 aliphatic carbocycles. The van der Waals surface area contributed by atoms with Crippen molar-refractivity contribution in [2.75, 3.05) is 18.6 Å². The summed E-state index contributed by atoms with van der Waals surface area (Å²) in [6.45, 7) is 0.162. The Kier molecular flexibility index (Phi) is 6.21. The lowest BCUT2D eigenvalue weighted by atomic mass is 10.1. The number of benzene rings is 2. The fourth-order valence-electron chi connectivity index (χ4n) is 2.88. The summed E-state index contributed by atoms with van der Waals surface area (Å²) in [7, 11) is 1.50. The van der Waals surface area contributed by atoms with Gasteiger partial charge < -0.3 is 9.64 Å². The monoisotopic (exact) mass is 465 g/mol. The fraction of sp³-hybridized carbons (Fsp3) is 0.211. The second-order valence-corrected chi connectivity index (χ2v) is 7.52. The maximum absolute atomic E-state index is 12.4. The number of hydrogen-bond donors (Lipinski definition) is 2. The van der Waals surface area contributed by atoms with Gasteiger partial charge in [0.2, 0.25) is 11.8 Å². The fourth-order valence-corrected chi connectivity index (χ4v) is 3.31. The molecule has 3 amide bonds. The molecule has 0 bridgehead atoms. The molecular formula is C19H17BrClN3O4. The molecule has 2 aromatic rings. The van der Waals surface area contributed by atoms with Gasteiger partial charge in [0.05, 0.1) is 18.7 Å². The molecule has 0 unspecified atom stereocenters. The average molecular weight is 467 g/mol. The van der Waals surface area contributed by atoms with Crippen LogP contribution in [0, 0.1) is 5.92 Å². The molecule has 2 aromatic carbocycles. The van der Waals surface area contributed by atoms with Crippen molar-refractivity contribution in [2.45, 2.75) is 6.42 Å². The third kappa shape index (κ3) is 4.45. The first-order valence-electron chi connectivity index (χ1n) is 8.38. The smallest absolute Gasteiger partial charge is 0.269 e. The quantitative estimate of drug-likeness (QED) is 0.678. The number of rotatable bonds is 4. The second-order valence-electron chi connectivity index (χ2n) is 6.17. The average Bonchev–Trinajstić information content (AvgIpc) is 3.08. The van der Waals surface area contributed by atoms with Gasteiger partial charge in [-0.25, -0.2) is 0 Å². The van der Waals surface area contributed by atoms with Crippen LogP contribution in [0.4, 0.5) is 5.69 Å². The number of methoxy groups -OCH3 is 1. The zero-order valence-electron chi connectivity index (χ0n) is 14.9. The molecule has 9 heteroatoms. The summed E-state index contributed by atoms with van der Waals surface area (Å²) in [4.78, 5) is 38.4. The minimum atomic E-state index is -0.610. The normalized spacial score (nSPS) is 16.0. The van der Waals surface area contributed by atoms with E-state index in [9.17, 15) is 14.4 Å². The van der Waals surface area contributed by atoms with Crippen LogP contribution in [-0.4, -0.2) is 31.4 Å². The molecule has 3 rings (SSSR count). The SMILES string of the molecule is COc1ccc(Cl)cc1N1C[C@@H](C(=O)NNC(=O)c2ccc(Br)cc2)CC1=O. The Balaban J connectivity index is 1.63. The second kappa shape index (κ2) is 8.62. The maximum Gasteiger partial charge on any atom is 0.269 e. The van der Waals surface area contributed by atoms with E-state index in [1.807, 2.05) is 0 Å². The summed E-state index contributed by atoms with van der Waals surface area (Å²) in [6.07, 6.45) is 0.0235. The standard InChI is InChI=1S/C19H17BrClN3O4/c1-28-16-7-6-14(21)9-15(16)24-10-12(8-17(24)25)19(27)23-22-18(26)11-2-4-13(20)5-3-11/h2-7,9,12H,8,10H2,1H3,(H,22,26)(H,23,27)/t12-/m0/s1. The molecule has 1 aliphatic rings. The Morgan fingerprint density at radius 2 is 1.89 bits per heavy atom. The Hall–Kier alpha value is -2.58. The number of halogens is 2. The highest BCUT2D eigenvalue weighted by molar-refractivity contribution is 9.10. The summed E-state index contributed by atoms with van der Waals surface area (Å²) in [5, 5.41) is 0.457. The molecule has 28 heavy (non-hydrogen) atoms. The first kappa shape index (κ1) is 20.2. The molecule has 2 N–H and O–H groups in total. The van der Waals surface area contributed by atoms with Crippen molar-refractivity contribution in [3.8, 4) is 5.75 Å². The summed E-state index contributed by atoms with van der Waals surface area (Å²) in [5.74, 6) is -1.23. The number of ether oxygens (including phenoxy) is 1. The van der Waals surface area contributed by atoms with Crippen molar-refractivity contribution in [2.24, 2.45) is 5.92 Å². The number of hydrogen-bond acceptors (Lipinski definition) is 4. The Bertz CT molecular complexity index is 920.